The van der Waals surface area contributed by atoms with Gasteiger partial charge in [0.1, 0.15) is 0 Å². The molecule has 4 heteroatoms. The molecule has 0 bridgehead atoms. The van der Waals surface area contributed by atoms with Crippen LogP contribution in [0.3, 0.4) is 0 Å². The van der Waals surface area contributed by atoms with E-state index in [-0.39, 0.29) is 12.6 Å². The largest absolute Gasteiger partial charge is 0.394 e. The molecule has 0 radical (unpaired) electrons. The molecule has 0 unspecified atom stereocenters. The molecule has 66 valence electrons. The van der Waals surface area contributed by atoms with E-state index in [0.717, 1.165) is 13.0 Å². The first-order valence-corrected chi connectivity index (χ1v) is 4.30. The molecule has 3 nitrogen and oxygen atoms in total. The zero-order chi connectivity index (χ0) is 8.69. The second-order valence-corrected chi connectivity index (χ2v) is 2.70. The molecule has 0 saturated carbocycles. The fraction of sp³-hybridized carbons (Fsp3) is 0.857. The van der Waals surface area contributed by atoms with Crippen molar-refractivity contribution in [3.05, 3.63) is 0 Å². The third kappa shape index (κ3) is 4.98. The summed E-state index contributed by atoms with van der Waals surface area (Å²) in [5, 5.41) is 15.4. The van der Waals surface area contributed by atoms with Gasteiger partial charge in [0.15, 0.2) is 5.11 Å². The first-order chi connectivity index (χ1) is 5.24. The number of hydrogen-bond donors (Lipinski definition) is 3. The molecule has 0 spiro atoms. The Morgan fingerprint density at radius 1 is 1.55 bits per heavy atom. The highest BCUT2D eigenvalue weighted by atomic mass is 32.1. The Balaban J connectivity index is 3.54. The van der Waals surface area contributed by atoms with Gasteiger partial charge in [0.05, 0.1) is 12.6 Å². The summed E-state index contributed by atoms with van der Waals surface area (Å²) in [6.07, 6.45) is 0.877. The lowest BCUT2D eigenvalue weighted by Gasteiger charge is -2.16. The first kappa shape index (κ1) is 10.7. The van der Waals surface area contributed by atoms with Crippen LogP contribution in [-0.2, 0) is 0 Å². The highest BCUT2D eigenvalue weighted by Crippen LogP contribution is 1.87. The summed E-state index contributed by atoms with van der Waals surface area (Å²) >= 11 is 4.93. The maximum atomic E-state index is 8.79. The van der Waals surface area contributed by atoms with Crippen LogP contribution in [0.4, 0.5) is 0 Å². The minimum atomic E-state index is 0.0848. The van der Waals surface area contributed by atoms with Crippen LogP contribution in [0.5, 0.6) is 0 Å². The quantitative estimate of drug-likeness (QED) is 0.537. The van der Waals surface area contributed by atoms with Crippen LogP contribution in [0.2, 0.25) is 0 Å². The Labute approximate surface area is 73.2 Å². The molecule has 0 rings (SSSR count). The predicted octanol–water partition coefficient (Wildman–Crippen LogP) is 0.241. The van der Waals surface area contributed by atoms with Crippen LogP contribution in [0.1, 0.15) is 20.3 Å². The average molecular weight is 176 g/mol. The van der Waals surface area contributed by atoms with Gasteiger partial charge >= 0.3 is 0 Å². The van der Waals surface area contributed by atoms with Crippen molar-refractivity contribution in [2.75, 3.05) is 13.2 Å². The Morgan fingerprint density at radius 2 is 2.18 bits per heavy atom. The molecule has 0 aromatic carbocycles. The Kier molecular flexibility index (Phi) is 6.16. The molecular formula is C7H16N2OS. The minimum Gasteiger partial charge on any atom is -0.394 e. The van der Waals surface area contributed by atoms with Crippen molar-refractivity contribution in [3.63, 3.8) is 0 Å². The fourth-order valence-corrected chi connectivity index (χ4v) is 0.985. The van der Waals surface area contributed by atoms with Crippen LogP contribution >= 0.6 is 12.2 Å². The van der Waals surface area contributed by atoms with Gasteiger partial charge in [-0.25, -0.2) is 0 Å². The van der Waals surface area contributed by atoms with Crippen molar-refractivity contribution in [2.24, 2.45) is 0 Å². The van der Waals surface area contributed by atoms with E-state index >= 15 is 0 Å². The van der Waals surface area contributed by atoms with Crippen LogP contribution in [0.25, 0.3) is 0 Å². The van der Waals surface area contributed by atoms with E-state index in [0.29, 0.717) is 5.11 Å². The molecule has 0 heterocycles. The summed E-state index contributed by atoms with van der Waals surface area (Å²) in [4.78, 5) is 0. The average Bonchev–Trinajstić information content (AvgIpc) is 2.01. The van der Waals surface area contributed by atoms with Crippen molar-refractivity contribution >= 4 is 17.3 Å². The molecule has 3 N–H and O–H groups in total. The van der Waals surface area contributed by atoms with Crippen molar-refractivity contribution in [1.82, 2.24) is 10.6 Å². The molecule has 0 aliphatic carbocycles. The second-order valence-electron chi connectivity index (χ2n) is 2.29. The molecule has 1 atom stereocenters. The Morgan fingerprint density at radius 3 is 2.55 bits per heavy atom. The van der Waals surface area contributed by atoms with Gasteiger partial charge in [-0.3, -0.25) is 0 Å². The molecule has 11 heavy (non-hydrogen) atoms. The van der Waals surface area contributed by atoms with Crippen LogP contribution in [0, 0.1) is 0 Å². The summed E-state index contributed by atoms with van der Waals surface area (Å²) in [5.41, 5.74) is 0. The third-order valence-electron chi connectivity index (χ3n) is 1.39. The van der Waals surface area contributed by atoms with Gasteiger partial charge in [-0.15, -0.1) is 0 Å². The van der Waals surface area contributed by atoms with Gasteiger partial charge in [0, 0.05) is 6.54 Å². The fourth-order valence-electron chi connectivity index (χ4n) is 0.674. The SMILES string of the molecule is CCNC(=S)N[C@H](CC)CO. The van der Waals surface area contributed by atoms with E-state index in [1.54, 1.807) is 0 Å². The van der Waals surface area contributed by atoms with Gasteiger partial charge in [0.2, 0.25) is 0 Å². The highest BCUT2D eigenvalue weighted by Gasteiger charge is 2.03. The molecule has 0 aromatic heterocycles. The summed E-state index contributed by atoms with van der Waals surface area (Å²) in [6, 6.07) is 0.0848. The van der Waals surface area contributed by atoms with Crippen molar-refractivity contribution < 1.29 is 5.11 Å². The molecule has 0 aliphatic heterocycles. The lowest BCUT2D eigenvalue weighted by atomic mass is 10.2. The zero-order valence-electron chi connectivity index (χ0n) is 7.05. The van der Waals surface area contributed by atoms with Gasteiger partial charge in [-0.1, -0.05) is 6.92 Å². The third-order valence-corrected chi connectivity index (χ3v) is 1.65. The number of aliphatic hydroxyl groups is 1. The Hall–Kier alpha value is -0.350. The second kappa shape index (κ2) is 6.37. The molecule has 0 aliphatic rings. The van der Waals surface area contributed by atoms with Gasteiger partial charge in [-0.2, -0.15) is 0 Å². The lowest BCUT2D eigenvalue weighted by Crippen LogP contribution is -2.43. The van der Waals surface area contributed by atoms with E-state index in [2.05, 4.69) is 10.6 Å². The first-order valence-electron chi connectivity index (χ1n) is 3.89. The van der Waals surface area contributed by atoms with E-state index in [1.165, 1.54) is 0 Å². The predicted molar refractivity (Wildman–Crippen MR) is 50.6 cm³/mol. The number of hydrogen-bond acceptors (Lipinski definition) is 2. The number of nitrogens with one attached hydrogen (secondary N) is 2. The van der Waals surface area contributed by atoms with E-state index in [4.69, 9.17) is 17.3 Å². The van der Waals surface area contributed by atoms with Gasteiger partial charge in [0.25, 0.3) is 0 Å². The highest BCUT2D eigenvalue weighted by molar-refractivity contribution is 7.80. The van der Waals surface area contributed by atoms with Crippen LogP contribution in [-0.4, -0.2) is 29.4 Å². The van der Waals surface area contributed by atoms with Crippen LogP contribution in [0.15, 0.2) is 0 Å². The van der Waals surface area contributed by atoms with Crippen molar-refractivity contribution in [1.29, 1.82) is 0 Å². The minimum absolute atomic E-state index is 0.0848. The van der Waals surface area contributed by atoms with E-state index in [1.807, 2.05) is 13.8 Å². The Bertz CT molecular complexity index is 115. The summed E-state index contributed by atoms with van der Waals surface area (Å²) < 4.78 is 0. The summed E-state index contributed by atoms with van der Waals surface area (Å²) in [5.74, 6) is 0. The standard InChI is InChI=1S/C7H16N2OS/c1-3-6(5-10)9-7(11)8-4-2/h6,10H,3-5H2,1-2H3,(H2,8,9,11)/t6-/m1/s1. The lowest BCUT2D eigenvalue weighted by molar-refractivity contribution is 0.252. The molecule has 0 aromatic rings. The smallest absolute Gasteiger partial charge is 0.166 e. The molecular weight excluding hydrogens is 160 g/mol. The van der Waals surface area contributed by atoms with E-state index < -0.39 is 0 Å². The van der Waals surface area contributed by atoms with Crippen molar-refractivity contribution in [3.8, 4) is 0 Å². The molecule has 0 saturated heterocycles. The number of aliphatic hydroxyl groups excluding tert-OH is 1. The van der Waals surface area contributed by atoms with Crippen molar-refractivity contribution in [2.45, 2.75) is 26.3 Å². The zero-order valence-corrected chi connectivity index (χ0v) is 7.87. The van der Waals surface area contributed by atoms with Gasteiger partial charge < -0.3 is 15.7 Å². The maximum Gasteiger partial charge on any atom is 0.166 e. The summed E-state index contributed by atoms with van der Waals surface area (Å²) in [6.45, 7) is 4.92. The monoisotopic (exact) mass is 176 g/mol. The normalized spacial score (nSPS) is 12.3. The van der Waals surface area contributed by atoms with Crippen LogP contribution < -0.4 is 10.6 Å². The molecule has 0 amide bonds. The summed E-state index contributed by atoms with van der Waals surface area (Å²) in [7, 11) is 0. The van der Waals surface area contributed by atoms with Gasteiger partial charge in [-0.05, 0) is 25.6 Å². The molecule has 0 fully saturated rings. The van der Waals surface area contributed by atoms with E-state index in [9.17, 15) is 0 Å². The maximum absolute atomic E-state index is 8.79. The number of thiocarbonyl (C=S) groups is 1. The number of rotatable bonds is 4. The topological polar surface area (TPSA) is 44.3 Å².